The zero-order chi connectivity index (χ0) is 40.4. The summed E-state index contributed by atoms with van der Waals surface area (Å²) in [5, 5.41) is 19.0. The van der Waals surface area contributed by atoms with Crippen LogP contribution in [0.1, 0.15) is 60.6 Å². The molecule has 3 N–H and O–H groups in total. The lowest BCUT2D eigenvalue weighted by atomic mass is 9.83. The number of ether oxygens (including phenoxy) is 2. The Labute approximate surface area is 345 Å². The molecule has 0 aliphatic heterocycles. The van der Waals surface area contributed by atoms with Crippen LogP contribution in [-0.2, 0) is 22.4 Å². The van der Waals surface area contributed by atoms with E-state index in [1.807, 2.05) is 42.5 Å². The summed E-state index contributed by atoms with van der Waals surface area (Å²) in [4.78, 5) is 43.3. The lowest BCUT2D eigenvalue weighted by Crippen LogP contribution is -2.30. The molecule has 3 amide bonds. The minimum atomic E-state index is -0.680. The highest BCUT2D eigenvalue weighted by atomic mass is 32.2. The van der Waals surface area contributed by atoms with Gasteiger partial charge in [-0.2, -0.15) is 5.26 Å². The lowest BCUT2D eigenvalue weighted by Gasteiger charge is -2.22. The van der Waals surface area contributed by atoms with E-state index in [-0.39, 0.29) is 11.6 Å². The van der Waals surface area contributed by atoms with Gasteiger partial charge >= 0.3 is 0 Å². The zero-order valence-electron chi connectivity index (χ0n) is 31.9. The second-order valence-corrected chi connectivity index (χ2v) is 15.8. The van der Waals surface area contributed by atoms with Crippen LogP contribution in [0.3, 0.4) is 0 Å². The first kappa shape index (κ1) is 39.6. The Kier molecular flexibility index (Phi) is 12.7. The second kappa shape index (κ2) is 18.6. The van der Waals surface area contributed by atoms with Gasteiger partial charge in [-0.25, -0.2) is 0 Å². The molecule has 9 nitrogen and oxygen atoms in total. The van der Waals surface area contributed by atoms with Crippen molar-refractivity contribution in [3.63, 3.8) is 0 Å². The summed E-state index contributed by atoms with van der Waals surface area (Å²) in [6.07, 6.45) is 4.11. The molecule has 0 bridgehead atoms. The van der Waals surface area contributed by atoms with E-state index in [1.54, 1.807) is 72.8 Å². The fourth-order valence-corrected chi connectivity index (χ4v) is 9.28. The molecule has 58 heavy (non-hydrogen) atoms. The molecular weight excluding hydrogens is 765 g/mol. The maximum atomic E-state index is 14.2. The molecular formula is C47H40N4O5S2. The van der Waals surface area contributed by atoms with Crippen LogP contribution in [0.25, 0.3) is 6.08 Å². The quantitative estimate of drug-likeness (QED) is 0.0783. The molecule has 7 rings (SSSR count). The number of thioether (sulfide) groups is 1. The van der Waals surface area contributed by atoms with Gasteiger partial charge in [0.1, 0.15) is 22.0 Å². The van der Waals surface area contributed by atoms with Gasteiger partial charge in [0.25, 0.3) is 11.8 Å². The molecule has 1 heterocycles. The number of fused-ring (bicyclic) bond motifs is 1. The van der Waals surface area contributed by atoms with Crippen LogP contribution in [0.2, 0.25) is 0 Å². The van der Waals surface area contributed by atoms with Crippen LogP contribution in [0.15, 0.2) is 144 Å². The lowest BCUT2D eigenvalue weighted by molar-refractivity contribution is -0.116. The van der Waals surface area contributed by atoms with E-state index >= 15 is 0 Å². The Balaban J connectivity index is 1.12. The van der Waals surface area contributed by atoms with Crippen molar-refractivity contribution in [2.24, 2.45) is 0 Å². The largest absolute Gasteiger partial charge is 0.493 e. The average molecular weight is 805 g/mol. The van der Waals surface area contributed by atoms with Crippen molar-refractivity contribution in [2.45, 2.75) is 35.3 Å². The van der Waals surface area contributed by atoms with Gasteiger partial charge in [-0.05, 0) is 96.0 Å². The molecule has 2 unspecified atom stereocenters. The summed E-state index contributed by atoms with van der Waals surface area (Å²) in [6, 6.07) is 43.3. The second-order valence-electron chi connectivity index (χ2n) is 13.5. The van der Waals surface area contributed by atoms with E-state index in [9.17, 15) is 19.6 Å². The first-order valence-electron chi connectivity index (χ1n) is 18.7. The van der Waals surface area contributed by atoms with Crippen LogP contribution in [-0.4, -0.2) is 31.9 Å². The smallest absolute Gasteiger partial charge is 0.272 e. The highest BCUT2D eigenvalue weighted by Gasteiger charge is 2.30. The number of hydrogen-bond acceptors (Lipinski definition) is 8. The monoisotopic (exact) mass is 804 g/mol. The van der Waals surface area contributed by atoms with Crippen molar-refractivity contribution >= 4 is 57.6 Å². The summed E-state index contributed by atoms with van der Waals surface area (Å²) in [6.45, 7) is 0. The van der Waals surface area contributed by atoms with Gasteiger partial charge in [0.2, 0.25) is 5.91 Å². The third-order valence-corrected chi connectivity index (χ3v) is 12.2. The number of nitrogens with zero attached hydrogens (tertiary/aromatic N) is 1. The Bertz CT molecular complexity index is 2500. The third kappa shape index (κ3) is 9.32. The number of benzene rings is 5. The van der Waals surface area contributed by atoms with E-state index in [0.717, 1.165) is 40.2 Å². The van der Waals surface area contributed by atoms with Crippen LogP contribution in [0.4, 0.5) is 10.7 Å². The fraction of sp³-hybridized carbons (Fsp3) is 0.149. The number of carbonyl (C=O) groups is 3. The van der Waals surface area contributed by atoms with Gasteiger partial charge in [-0.15, -0.1) is 23.1 Å². The number of nitriles is 1. The van der Waals surface area contributed by atoms with E-state index in [2.05, 4.69) is 46.3 Å². The number of hydrogen-bond donors (Lipinski definition) is 3. The highest BCUT2D eigenvalue weighted by Crippen LogP contribution is 2.44. The molecule has 5 aromatic carbocycles. The van der Waals surface area contributed by atoms with Gasteiger partial charge < -0.3 is 25.4 Å². The molecule has 0 fully saturated rings. The molecule has 11 heteroatoms. The van der Waals surface area contributed by atoms with Crippen LogP contribution in [0, 0.1) is 11.3 Å². The normalized spacial score (nSPS) is 13.9. The molecule has 1 aliphatic rings. The van der Waals surface area contributed by atoms with E-state index in [0.29, 0.717) is 44.8 Å². The Morgan fingerprint density at radius 3 is 2.24 bits per heavy atom. The molecule has 0 saturated carbocycles. The van der Waals surface area contributed by atoms with Gasteiger partial charge in [0, 0.05) is 21.0 Å². The molecule has 0 saturated heterocycles. The number of rotatable bonds is 13. The first-order chi connectivity index (χ1) is 28.3. The standard InChI is InChI=1S/C47H40N4O5S2/c1-55-40-24-21-30(26-41(40)56-2)25-39(50-44(52)33-17-10-5-11-18-33)45(53)49-35-19-12-20-36(28-35)57-43(32-15-8-4-9-16-32)46(54)51-47-38(29-48)37-23-22-34(27-42(37)58-47)31-13-6-3-7-14-31/h3-21,24-26,28,34,43H,22-23,27H2,1-2H3,(H,49,53)(H,50,52)(H,51,54)/b39-25+. The molecule has 290 valence electrons. The Morgan fingerprint density at radius 2 is 1.53 bits per heavy atom. The summed E-state index contributed by atoms with van der Waals surface area (Å²) >= 11 is 2.82. The van der Waals surface area contributed by atoms with Crippen LogP contribution >= 0.6 is 23.1 Å². The van der Waals surface area contributed by atoms with Crippen molar-refractivity contribution in [3.05, 3.63) is 177 Å². The summed E-state index contributed by atoms with van der Waals surface area (Å²) < 4.78 is 10.8. The minimum absolute atomic E-state index is 0.00250. The van der Waals surface area contributed by atoms with Gasteiger partial charge in [-0.1, -0.05) is 91.0 Å². The van der Waals surface area contributed by atoms with Crippen LogP contribution < -0.4 is 25.4 Å². The van der Waals surface area contributed by atoms with Gasteiger partial charge in [-0.3, -0.25) is 14.4 Å². The van der Waals surface area contributed by atoms with Crippen molar-refractivity contribution < 1.29 is 23.9 Å². The van der Waals surface area contributed by atoms with E-state index < -0.39 is 17.1 Å². The van der Waals surface area contributed by atoms with Crippen molar-refractivity contribution in [2.75, 3.05) is 24.9 Å². The fourth-order valence-electron chi connectivity index (χ4n) is 6.91. The molecule has 1 aromatic heterocycles. The number of methoxy groups -OCH3 is 2. The topological polar surface area (TPSA) is 130 Å². The first-order valence-corrected chi connectivity index (χ1v) is 20.4. The van der Waals surface area contributed by atoms with Gasteiger partial charge in [0.05, 0.1) is 19.8 Å². The molecule has 2 atom stereocenters. The number of amides is 3. The van der Waals surface area contributed by atoms with Crippen molar-refractivity contribution in [3.8, 4) is 17.6 Å². The maximum Gasteiger partial charge on any atom is 0.272 e. The predicted molar refractivity (Wildman–Crippen MR) is 230 cm³/mol. The summed E-state index contributed by atoms with van der Waals surface area (Å²) in [7, 11) is 3.06. The van der Waals surface area contributed by atoms with Crippen LogP contribution in [0.5, 0.6) is 11.5 Å². The SMILES string of the molecule is COc1ccc(/C=C(/NC(=O)c2ccccc2)C(=O)Nc2cccc(SC(C(=O)Nc3sc4c(c3C#N)CCC(c3ccccc3)C4)c3ccccc3)c2)cc1OC. The predicted octanol–water partition coefficient (Wildman–Crippen LogP) is 9.79. The zero-order valence-corrected chi connectivity index (χ0v) is 33.5. The Hall–Kier alpha value is -6.61. The number of carbonyl (C=O) groups excluding carboxylic acids is 3. The highest BCUT2D eigenvalue weighted by molar-refractivity contribution is 8.00. The third-order valence-electron chi connectivity index (χ3n) is 9.82. The number of thiophene rings is 1. The van der Waals surface area contributed by atoms with E-state index in [1.165, 1.54) is 42.9 Å². The number of anilines is 2. The van der Waals surface area contributed by atoms with E-state index in [4.69, 9.17) is 9.47 Å². The van der Waals surface area contributed by atoms with Gasteiger partial charge in [0.15, 0.2) is 11.5 Å². The van der Waals surface area contributed by atoms with Crippen molar-refractivity contribution in [1.29, 1.82) is 5.26 Å². The summed E-state index contributed by atoms with van der Waals surface area (Å²) in [5.74, 6) is 0.0770. The summed E-state index contributed by atoms with van der Waals surface area (Å²) in [5.41, 5.74) is 5.08. The minimum Gasteiger partial charge on any atom is -0.493 e. The molecule has 0 radical (unpaired) electrons. The average Bonchev–Trinajstić information content (AvgIpc) is 3.62. The molecule has 0 spiro atoms. The molecule has 1 aliphatic carbocycles. The number of nitrogens with one attached hydrogen (secondary N) is 3. The maximum absolute atomic E-state index is 14.2. The van der Waals surface area contributed by atoms with Crippen molar-refractivity contribution in [1.82, 2.24) is 5.32 Å². The Morgan fingerprint density at radius 1 is 0.828 bits per heavy atom. The molecule has 6 aromatic rings.